The molecule has 0 aliphatic heterocycles. The summed E-state index contributed by atoms with van der Waals surface area (Å²) in [6, 6.07) is 4.76. The summed E-state index contributed by atoms with van der Waals surface area (Å²) in [6.45, 7) is 6.85. The fourth-order valence-corrected chi connectivity index (χ4v) is 3.66. The fourth-order valence-electron chi connectivity index (χ4n) is 3.66. The van der Waals surface area contributed by atoms with Gasteiger partial charge in [-0.05, 0) is 56.8 Å². The predicted molar refractivity (Wildman–Crippen MR) is 85.8 cm³/mol. The average molecular weight is 287 g/mol. The molecular weight excluding hydrogens is 262 g/mol. The molecule has 1 atom stereocenters. The minimum absolute atomic E-state index is 0.258. The molecule has 1 aliphatic rings. The zero-order valence-electron chi connectivity index (χ0n) is 13.1. The van der Waals surface area contributed by atoms with E-state index < -0.39 is 0 Å². The standard InChI is InChI=1S/C18H25NO2/c1-3-9-19(10-4-2)14-7-5-13-6-8-15-17(20)12-21-18(15)16(13)11-14/h6,8,12,14,20H,3-5,7,9-11H2,1-2H3. The zero-order chi connectivity index (χ0) is 14.8. The van der Waals surface area contributed by atoms with Crippen LogP contribution in [0.25, 0.3) is 11.0 Å². The molecule has 0 amide bonds. The molecule has 21 heavy (non-hydrogen) atoms. The first-order chi connectivity index (χ1) is 10.2. The van der Waals surface area contributed by atoms with E-state index >= 15 is 0 Å². The molecule has 1 heterocycles. The van der Waals surface area contributed by atoms with Crippen LogP contribution in [-0.2, 0) is 12.8 Å². The van der Waals surface area contributed by atoms with Crippen molar-refractivity contribution >= 4 is 11.0 Å². The molecule has 0 fully saturated rings. The van der Waals surface area contributed by atoms with Gasteiger partial charge in [-0.1, -0.05) is 19.9 Å². The third-order valence-corrected chi connectivity index (χ3v) is 4.65. The van der Waals surface area contributed by atoms with Gasteiger partial charge in [-0.2, -0.15) is 0 Å². The van der Waals surface area contributed by atoms with E-state index in [1.54, 1.807) is 0 Å². The third kappa shape index (κ3) is 2.67. The molecule has 1 unspecified atom stereocenters. The number of furan rings is 1. The van der Waals surface area contributed by atoms with E-state index in [1.807, 2.05) is 6.07 Å². The van der Waals surface area contributed by atoms with E-state index in [9.17, 15) is 5.11 Å². The van der Waals surface area contributed by atoms with Crippen molar-refractivity contribution in [2.24, 2.45) is 0 Å². The summed E-state index contributed by atoms with van der Waals surface area (Å²) in [5.74, 6) is 0.258. The second-order valence-electron chi connectivity index (χ2n) is 6.13. The molecule has 3 nitrogen and oxygen atoms in total. The van der Waals surface area contributed by atoms with Gasteiger partial charge in [0.2, 0.25) is 0 Å². The highest BCUT2D eigenvalue weighted by atomic mass is 16.4. The van der Waals surface area contributed by atoms with E-state index in [0.717, 1.165) is 23.8 Å². The fraction of sp³-hybridized carbons (Fsp3) is 0.556. The lowest BCUT2D eigenvalue weighted by Gasteiger charge is -2.35. The van der Waals surface area contributed by atoms with Crippen molar-refractivity contribution in [1.29, 1.82) is 0 Å². The van der Waals surface area contributed by atoms with Gasteiger partial charge in [0.05, 0.1) is 5.39 Å². The van der Waals surface area contributed by atoms with Crippen LogP contribution in [0.4, 0.5) is 0 Å². The van der Waals surface area contributed by atoms with Gasteiger partial charge in [0.25, 0.3) is 0 Å². The maximum Gasteiger partial charge on any atom is 0.161 e. The number of hydrogen-bond acceptors (Lipinski definition) is 3. The minimum atomic E-state index is 0.258. The molecule has 3 rings (SSSR count). The maximum atomic E-state index is 9.85. The summed E-state index contributed by atoms with van der Waals surface area (Å²) in [5, 5.41) is 10.7. The van der Waals surface area contributed by atoms with Gasteiger partial charge in [0.1, 0.15) is 11.8 Å². The highest BCUT2D eigenvalue weighted by Crippen LogP contribution is 2.35. The van der Waals surface area contributed by atoms with Gasteiger partial charge < -0.3 is 14.4 Å². The Morgan fingerprint density at radius 3 is 2.71 bits per heavy atom. The summed E-state index contributed by atoms with van der Waals surface area (Å²) >= 11 is 0. The predicted octanol–water partition coefficient (Wildman–Crippen LogP) is 4.12. The van der Waals surface area contributed by atoms with Crippen molar-refractivity contribution in [3.8, 4) is 5.75 Å². The maximum absolute atomic E-state index is 9.85. The summed E-state index contributed by atoms with van der Waals surface area (Å²) < 4.78 is 5.63. The van der Waals surface area contributed by atoms with Gasteiger partial charge >= 0.3 is 0 Å². The van der Waals surface area contributed by atoms with E-state index in [4.69, 9.17) is 4.42 Å². The van der Waals surface area contributed by atoms with E-state index in [2.05, 4.69) is 24.8 Å². The van der Waals surface area contributed by atoms with Crippen LogP contribution < -0.4 is 0 Å². The van der Waals surface area contributed by atoms with Crippen molar-refractivity contribution in [1.82, 2.24) is 4.90 Å². The van der Waals surface area contributed by atoms with Crippen LogP contribution in [0.2, 0.25) is 0 Å². The normalized spacial score (nSPS) is 18.3. The molecule has 1 aromatic heterocycles. The first-order valence-electron chi connectivity index (χ1n) is 8.19. The van der Waals surface area contributed by atoms with Crippen molar-refractivity contribution in [2.75, 3.05) is 13.1 Å². The van der Waals surface area contributed by atoms with Crippen LogP contribution in [0.1, 0.15) is 44.2 Å². The summed E-state index contributed by atoms with van der Waals surface area (Å²) in [5.41, 5.74) is 3.59. The molecular formula is C18H25NO2. The summed E-state index contributed by atoms with van der Waals surface area (Å²) in [6.07, 6.45) is 7.25. The van der Waals surface area contributed by atoms with Gasteiger partial charge in [-0.25, -0.2) is 0 Å². The van der Waals surface area contributed by atoms with Gasteiger partial charge in [0, 0.05) is 11.6 Å². The molecule has 114 valence electrons. The Kier molecular flexibility index (Phi) is 4.20. The van der Waals surface area contributed by atoms with Crippen LogP contribution >= 0.6 is 0 Å². The van der Waals surface area contributed by atoms with Crippen LogP contribution in [0.3, 0.4) is 0 Å². The number of hydrogen-bond donors (Lipinski definition) is 1. The summed E-state index contributed by atoms with van der Waals surface area (Å²) in [7, 11) is 0. The zero-order valence-corrected chi connectivity index (χ0v) is 13.1. The largest absolute Gasteiger partial charge is 0.504 e. The topological polar surface area (TPSA) is 36.6 Å². The van der Waals surface area contributed by atoms with Gasteiger partial charge in [0.15, 0.2) is 5.75 Å². The quantitative estimate of drug-likeness (QED) is 0.898. The summed E-state index contributed by atoms with van der Waals surface area (Å²) in [4.78, 5) is 2.63. The Labute approximate surface area is 126 Å². The van der Waals surface area contributed by atoms with Crippen molar-refractivity contribution < 1.29 is 9.52 Å². The lowest BCUT2D eigenvalue weighted by molar-refractivity contribution is 0.180. The Hall–Kier alpha value is -1.48. The highest BCUT2D eigenvalue weighted by Gasteiger charge is 2.26. The van der Waals surface area contributed by atoms with Crippen LogP contribution in [-0.4, -0.2) is 29.1 Å². The molecule has 2 aromatic rings. The molecule has 0 radical (unpaired) electrons. The molecule has 1 N–H and O–H groups in total. The number of nitrogens with zero attached hydrogens (tertiary/aromatic N) is 1. The number of fused-ring (bicyclic) bond motifs is 3. The molecule has 0 saturated carbocycles. The third-order valence-electron chi connectivity index (χ3n) is 4.65. The molecule has 3 heteroatoms. The van der Waals surface area contributed by atoms with Crippen LogP contribution in [0.5, 0.6) is 5.75 Å². The minimum Gasteiger partial charge on any atom is -0.504 e. The first kappa shape index (κ1) is 14.5. The molecule has 1 aromatic carbocycles. The molecule has 0 spiro atoms. The number of aromatic hydroxyl groups is 1. The highest BCUT2D eigenvalue weighted by molar-refractivity contribution is 5.87. The van der Waals surface area contributed by atoms with E-state index in [0.29, 0.717) is 6.04 Å². The monoisotopic (exact) mass is 287 g/mol. The molecule has 0 bridgehead atoms. The Morgan fingerprint density at radius 1 is 1.24 bits per heavy atom. The first-order valence-corrected chi connectivity index (χ1v) is 8.19. The number of benzene rings is 1. The van der Waals surface area contributed by atoms with Gasteiger partial charge in [-0.3, -0.25) is 0 Å². The van der Waals surface area contributed by atoms with Crippen LogP contribution in [0, 0.1) is 0 Å². The Balaban J connectivity index is 1.91. The second-order valence-corrected chi connectivity index (χ2v) is 6.13. The average Bonchev–Trinajstić information content (AvgIpc) is 2.88. The SMILES string of the molecule is CCCN(CCC)C1CCc2ccc3c(O)coc3c2C1. The smallest absolute Gasteiger partial charge is 0.161 e. The van der Waals surface area contributed by atoms with Crippen molar-refractivity contribution in [3.63, 3.8) is 0 Å². The molecule has 1 aliphatic carbocycles. The number of aryl methyl sites for hydroxylation is 1. The van der Waals surface area contributed by atoms with E-state index in [1.165, 1.54) is 49.7 Å². The van der Waals surface area contributed by atoms with Gasteiger partial charge in [-0.15, -0.1) is 0 Å². The Morgan fingerprint density at radius 2 is 2.00 bits per heavy atom. The van der Waals surface area contributed by atoms with Crippen molar-refractivity contribution in [3.05, 3.63) is 29.5 Å². The number of rotatable bonds is 5. The van der Waals surface area contributed by atoms with Crippen molar-refractivity contribution in [2.45, 2.75) is 52.0 Å². The van der Waals surface area contributed by atoms with Crippen LogP contribution in [0.15, 0.2) is 22.8 Å². The lowest BCUT2D eigenvalue weighted by atomic mass is 9.86. The lowest BCUT2D eigenvalue weighted by Crippen LogP contribution is -2.40. The molecule has 0 saturated heterocycles. The second kappa shape index (κ2) is 6.10. The Bertz CT molecular complexity index is 611. The van der Waals surface area contributed by atoms with E-state index in [-0.39, 0.29) is 5.75 Å².